The molecule has 0 bridgehead atoms. The highest BCUT2D eigenvalue weighted by Gasteiger charge is 1.97. The minimum atomic E-state index is 0.296. The zero-order valence-electron chi connectivity index (χ0n) is 5.47. The summed E-state index contributed by atoms with van der Waals surface area (Å²) in [5.41, 5.74) is 0. The molecule has 0 fully saturated rings. The predicted molar refractivity (Wildman–Crippen MR) is 47.6 cm³/mol. The highest BCUT2D eigenvalue weighted by molar-refractivity contribution is 9.10. The first-order chi connectivity index (χ1) is 4.74. The van der Waals surface area contributed by atoms with E-state index < -0.39 is 0 Å². The SMILES string of the molecule is CSc1ccc(O)cc1Br. The molecule has 0 aliphatic rings. The van der Waals surface area contributed by atoms with Crippen molar-refractivity contribution < 1.29 is 5.11 Å². The van der Waals surface area contributed by atoms with Crippen LogP contribution in [0.2, 0.25) is 0 Å². The number of thioether (sulfide) groups is 1. The van der Waals surface area contributed by atoms with Crippen LogP contribution in [0.25, 0.3) is 0 Å². The van der Waals surface area contributed by atoms with E-state index in [1.165, 1.54) is 0 Å². The van der Waals surface area contributed by atoms with Crippen LogP contribution in [0.4, 0.5) is 0 Å². The summed E-state index contributed by atoms with van der Waals surface area (Å²) in [7, 11) is 0. The van der Waals surface area contributed by atoms with Crippen LogP contribution in [-0.4, -0.2) is 11.4 Å². The fourth-order valence-electron chi connectivity index (χ4n) is 0.655. The van der Waals surface area contributed by atoms with Crippen molar-refractivity contribution >= 4 is 27.7 Å². The largest absolute Gasteiger partial charge is 0.508 e. The summed E-state index contributed by atoms with van der Waals surface area (Å²) >= 11 is 4.97. The molecule has 0 unspecified atom stereocenters. The zero-order chi connectivity index (χ0) is 7.56. The molecule has 1 aromatic carbocycles. The molecule has 0 saturated carbocycles. The molecule has 0 aromatic heterocycles. The average Bonchev–Trinajstić information content (AvgIpc) is 1.88. The third-order valence-corrected chi connectivity index (χ3v) is 2.85. The lowest BCUT2D eigenvalue weighted by Gasteiger charge is -1.99. The van der Waals surface area contributed by atoms with E-state index in [0.29, 0.717) is 5.75 Å². The van der Waals surface area contributed by atoms with Gasteiger partial charge in [-0.25, -0.2) is 0 Å². The van der Waals surface area contributed by atoms with Crippen LogP contribution in [0.1, 0.15) is 0 Å². The fraction of sp³-hybridized carbons (Fsp3) is 0.143. The van der Waals surface area contributed by atoms with E-state index in [4.69, 9.17) is 5.11 Å². The molecule has 0 radical (unpaired) electrons. The lowest BCUT2D eigenvalue weighted by atomic mass is 10.3. The molecule has 0 amide bonds. The maximum atomic E-state index is 8.99. The molecular weight excluding hydrogens is 212 g/mol. The number of phenolic OH excluding ortho intramolecular Hbond substituents is 1. The number of halogens is 1. The van der Waals surface area contributed by atoms with Crippen molar-refractivity contribution in [3.05, 3.63) is 22.7 Å². The van der Waals surface area contributed by atoms with Gasteiger partial charge in [-0.1, -0.05) is 0 Å². The summed E-state index contributed by atoms with van der Waals surface area (Å²) in [6.07, 6.45) is 2.00. The Morgan fingerprint density at radius 1 is 1.50 bits per heavy atom. The molecule has 1 N–H and O–H groups in total. The van der Waals surface area contributed by atoms with Crippen molar-refractivity contribution in [2.75, 3.05) is 6.26 Å². The van der Waals surface area contributed by atoms with E-state index in [9.17, 15) is 0 Å². The highest BCUT2D eigenvalue weighted by Crippen LogP contribution is 2.28. The van der Waals surface area contributed by atoms with Crippen LogP contribution in [0.5, 0.6) is 5.75 Å². The number of benzene rings is 1. The van der Waals surface area contributed by atoms with Gasteiger partial charge in [-0.3, -0.25) is 0 Å². The van der Waals surface area contributed by atoms with Gasteiger partial charge >= 0.3 is 0 Å². The second kappa shape index (κ2) is 3.30. The number of phenols is 1. The van der Waals surface area contributed by atoms with Crippen molar-refractivity contribution in [1.29, 1.82) is 0 Å². The predicted octanol–water partition coefficient (Wildman–Crippen LogP) is 2.88. The van der Waals surface area contributed by atoms with Gasteiger partial charge in [0.25, 0.3) is 0 Å². The maximum Gasteiger partial charge on any atom is 0.116 e. The fourth-order valence-corrected chi connectivity index (χ4v) is 1.97. The van der Waals surface area contributed by atoms with Gasteiger partial charge in [0.05, 0.1) is 0 Å². The number of rotatable bonds is 1. The van der Waals surface area contributed by atoms with Crippen molar-refractivity contribution in [1.82, 2.24) is 0 Å². The topological polar surface area (TPSA) is 20.2 Å². The average molecular weight is 219 g/mol. The Balaban J connectivity index is 3.07. The molecule has 0 spiro atoms. The van der Waals surface area contributed by atoms with Crippen LogP contribution >= 0.6 is 27.7 Å². The van der Waals surface area contributed by atoms with E-state index in [-0.39, 0.29) is 0 Å². The second-order valence-electron chi connectivity index (χ2n) is 1.82. The third-order valence-electron chi connectivity index (χ3n) is 1.14. The number of hydrogen-bond acceptors (Lipinski definition) is 2. The molecule has 3 heteroatoms. The normalized spacial score (nSPS) is 9.80. The van der Waals surface area contributed by atoms with Crippen molar-refractivity contribution in [2.45, 2.75) is 4.90 Å². The zero-order valence-corrected chi connectivity index (χ0v) is 7.87. The van der Waals surface area contributed by atoms with Gasteiger partial charge in [0.2, 0.25) is 0 Å². The van der Waals surface area contributed by atoms with Gasteiger partial charge < -0.3 is 5.11 Å². The molecule has 1 rings (SSSR count). The Bertz CT molecular complexity index is 237. The minimum Gasteiger partial charge on any atom is -0.508 e. The summed E-state index contributed by atoms with van der Waals surface area (Å²) in [6, 6.07) is 5.24. The van der Waals surface area contributed by atoms with E-state index in [0.717, 1.165) is 9.37 Å². The summed E-state index contributed by atoms with van der Waals surface area (Å²) in [4.78, 5) is 1.14. The summed E-state index contributed by atoms with van der Waals surface area (Å²) in [5.74, 6) is 0.296. The second-order valence-corrected chi connectivity index (χ2v) is 3.52. The maximum absolute atomic E-state index is 8.99. The molecule has 1 aromatic rings. The Labute approximate surface area is 72.6 Å². The van der Waals surface area contributed by atoms with Gasteiger partial charge in [-0.05, 0) is 40.4 Å². The lowest BCUT2D eigenvalue weighted by molar-refractivity contribution is 0.474. The Kier molecular flexibility index (Phi) is 2.63. The first-order valence-electron chi connectivity index (χ1n) is 2.76. The van der Waals surface area contributed by atoms with E-state index in [1.54, 1.807) is 23.9 Å². The van der Waals surface area contributed by atoms with E-state index in [2.05, 4.69) is 15.9 Å². The molecule has 0 atom stereocenters. The third kappa shape index (κ3) is 1.67. The van der Waals surface area contributed by atoms with Gasteiger partial charge in [0.1, 0.15) is 5.75 Å². The van der Waals surface area contributed by atoms with E-state index >= 15 is 0 Å². The summed E-state index contributed by atoms with van der Waals surface area (Å²) < 4.78 is 0.944. The smallest absolute Gasteiger partial charge is 0.116 e. The molecule has 0 aliphatic heterocycles. The van der Waals surface area contributed by atoms with Crippen molar-refractivity contribution in [3.63, 3.8) is 0 Å². The summed E-state index contributed by atoms with van der Waals surface area (Å²) in [6.45, 7) is 0. The number of hydrogen-bond donors (Lipinski definition) is 1. The molecule has 10 heavy (non-hydrogen) atoms. The molecular formula is C7H7BrOS. The van der Waals surface area contributed by atoms with Crippen LogP contribution in [0.15, 0.2) is 27.6 Å². The van der Waals surface area contributed by atoms with Crippen LogP contribution < -0.4 is 0 Å². The first-order valence-corrected chi connectivity index (χ1v) is 4.78. The summed E-state index contributed by atoms with van der Waals surface area (Å²) in [5, 5.41) is 8.99. The Morgan fingerprint density at radius 3 is 2.70 bits per heavy atom. The minimum absolute atomic E-state index is 0.296. The molecule has 0 heterocycles. The number of aromatic hydroxyl groups is 1. The molecule has 1 nitrogen and oxygen atoms in total. The van der Waals surface area contributed by atoms with Crippen LogP contribution in [0, 0.1) is 0 Å². The molecule has 54 valence electrons. The van der Waals surface area contributed by atoms with Crippen molar-refractivity contribution in [3.8, 4) is 5.75 Å². The van der Waals surface area contributed by atoms with Gasteiger partial charge in [0.15, 0.2) is 0 Å². The van der Waals surface area contributed by atoms with Gasteiger partial charge in [0, 0.05) is 9.37 Å². The quantitative estimate of drug-likeness (QED) is 0.733. The van der Waals surface area contributed by atoms with Gasteiger partial charge in [-0.2, -0.15) is 0 Å². The Hall–Kier alpha value is -0.150. The van der Waals surface area contributed by atoms with Gasteiger partial charge in [-0.15, -0.1) is 11.8 Å². The van der Waals surface area contributed by atoms with E-state index in [1.807, 2.05) is 12.3 Å². The van der Waals surface area contributed by atoms with Crippen LogP contribution in [-0.2, 0) is 0 Å². The molecule has 0 aliphatic carbocycles. The monoisotopic (exact) mass is 218 g/mol. The molecule has 0 saturated heterocycles. The lowest BCUT2D eigenvalue weighted by Crippen LogP contribution is -1.71. The standard InChI is InChI=1S/C7H7BrOS/c1-10-7-3-2-5(9)4-6(7)8/h2-4,9H,1H3. The first kappa shape index (κ1) is 7.95. The highest BCUT2D eigenvalue weighted by atomic mass is 79.9. The van der Waals surface area contributed by atoms with Crippen LogP contribution in [0.3, 0.4) is 0 Å². The Morgan fingerprint density at radius 2 is 2.20 bits per heavy atom. The van der Waals surface area contributed by atoms with Crippen molar-refractivity contribution in [2.24, 2.45) is 0 Å².